The van der Waals surface area contributed by atoms with Gasteiger partial charge >= 0.3 is 0 Å². The molecule has 3 rings (SSSR count). The van der Waals surface area contributed by atoms with Crippen LogP contribution in [0.4, 0.5) is 16.5 Å². The molecule has 1 unspecified atom stereocenters. The van der Waals surface area contributed by atoms with Crippen LogP contribution in [0.3, 0.4) is 0 Å². The first-order chi connectivity index (χ1) is 12.9. The van der Waals surface area contributed by atoms with Crippen molar-refractivity contribution in [2.45, 2.75) is 37.3 Å². The highest BCUT2D eigenvalue weighted by Gasteiger charge is 2.18. The Hall–Kier alpha value is -2.38. The zero-order valence-electron chi connectivity index (χ0n) is 15.7. The molecule has 0 saturated carbocycles. The molecule has 1 heterocycles. The van der Waals surface area contributed by atoms with Gasteiger partial charge in [0.1, 0.15) is 0 Å². The number of hydrogen-bond acceptors (Lipinski definition) is 6. The number of aryl methyl sites for hydroxylation is 3. The van der Waals surface area contributed by atoms with E-state index in [1.807, 2.05) is 64.1 Å². The first-order valence-corrected chi connectivity index (χ1v) is 10.3. The van der Waals surface area contributed by atoms with Crippen LogP contribution in [0, 0.1) is 20.8 Å². The summed E-state index contributed by atoms with van der Waals surface area (Å²) in [5.74, 6) is -0.0444. The van der Waals surface area contributed by atoms with Crippen molar-refractivity contribution < 1.29 is 4.79 Å². The molecule has 140 valence electrons. The molecule has 0 aliphatic heterocycles. The number of amides is 1. The Kier molecular flexibility index (Phi) is 6.13. The highest BCUT2D eigenvalue weighted by Crippen LogP contribution is 2.31. The number of aromatic nitrogens is 2. The van der Waals surface area contributed by atoms with E-state index < -0.39 is 0 Å². The quantitative estimate of drug-likeness (QED) is 0.550. The molecule has 0 aliphatic rings. The molecule has 7 heteroatoms. The largest absolute Gasteiger partial charge is 0.330 e. The third-order valence-electron chi connectivity index (χ3n) is 3.97. The smallest absolute Gasteiger partial charge is 0.237 e. The highest BCUT2D eigenvalue weighted by atomic mass is 32.2. The lowest BCUT2D eigenvalue weighted by atomic mass is 10.1. The summed E-state index contributed by atoms with van der Waals surface area (Å²) >= 11 is 2.85. The Morgan fingerprint density at radius 2 is 1.85 bits per heavy atom. The van der Waals surface area contributed by atoms with Gasteiger partial charge < -0.3 is 10.6 Å². The number of benzene rings is 2. The number of anilines is 3. The third-order valence-corrected chi connectivity index (χ3v) is 6.00. The van der Waals surface area contributed by atoms with Gasteiger partial charge in [0.15, 0.2) is 4.34 Å². The predicted molar refractivity (Wildman–Crippen MR) is 114 cm³/mol. The van der Waals surface area contributed by atoms with E-state index in [0.717, 1.165) is 26.8 Å². The number of nitrogens with zero attached hydrogens (tertiary/aromatic N) is 2. The summed E-state index contributed by atoms with van der Waals surface area (Å²) in [5, 5.41) is 15.0. The van der Waals surface area contributed by atoms with Crippen molar-refractivity contribution in [2.75, 3.05) is 10.6 Å². The van der Waals surface area contributed by atoms with E-state index >= 15 is 0 Å². The molecule has 5 nitrogen and oxygen atoms in total. The summed E-state index contributed by atoms with van der Waals surface area (Å²) in [6.07, 6.45) is 0. The van der Waals surface area contributed by atoms with E-state index in [-0.39, 0.29) is 11.2 Å². The second-order valence-electron chi connectivity index (χ2n) is 6.44. The molecule has 0 spiro atoms. The highest BCUT2D eigenvalue weighted by molar-refractivity contribution is 8.02. The predicted octanol–water partition coefficient (Wildman–Crippen LogP) is 5.33. The summed E-state index contributed by atoms with van der Waals surface area (Å²) in [5.41, 5.74) is 5.17. The van der Waals surface area contributed by atoms with Crippen LogP contribution in [-0.4, -0.2) is 21.4 Å². The van der Waals surface area contributed by atoms with Gasteiger partial charge in [-0.2, -0.15) is 0 Å². The summed E-state index contributed by atoms with van der Waals surface area (Å²) in [7, 11) is 0. The van der Waals surface area contributed by atoms with Crippen LogP contribution in [0.25, 0.3) is 0 Å². The Labute approximate surface area is 167 Å². The van der Waals surface area contributed by atoms with Crippen LogP contribution < -0.4 is 10.6 Å². The lowest BCUT2D eigenvalue weighted by Gasteiger charge is -2.12. The maximum Gasteiger partial charge on any atom is 0.237 e. The van der Waals surface area contributed by atoms with Crippen molar-refractivity contribution in [3.05, 3.63) is 59.2 Å². The second kappa shape index (κ2) is 8.54. The molecule has 0 aliphatic carbocycles. The van der Waals surface area contributed by atoms with Crippen LogP contribution in [-0.2, 0) is 4.79 Å². The first-order valence-electron chi connectivity index (χ1n) is 8.62. The van der Waals surface area contributed by atoms with Crippen molar-refractivity contribution in [3.63, 3.8) is 0 Å². The van der Waals surface area contributed by atoms with Crippen molar-refractivity contribution in [2.24, 2.45) is 0 Å². The maximum atomic E-state index is 12.5. The lowest BCUT2D eigenvalue weighted by Crippen LogP contribution is -2.22. The maximum absolute atomic E-state index is 12.5. The molecule has 3 aromatic rings. The molecule has 2 N–H and O–H groups in total. The Balaban J connectivity index is 1.60. The second-order valence-corrected chi connectivity index (χ2v) is 9.00. The number of hydrogen-bond donors (Lipinski definition) is 2. The van der Waals surface area contributed by atoms with Crippen LogP contribution in [0.1, 0.15) is 23.6 Å². The van der Waals surface area contributed by atoms with E-state index in [1.165, 1.54) is 28.7 Å². The topological polar surface area (TPSA) is 66.9 Å². The number of carbonyl (C=O) groups excluding carboxylic acids is 1. The molecular weight excluding hydrogens is 376 g/mol. The molecule has 1 atom stereocenters. The van der Waals surface area contributed by atoms with E-state index in [9.17, 15) is 4.79 Å². The SMILES string of the molecule is Cc1cccc(Nc2nnc(SC(C)C(=O)Nc3cc(C)ccc3C)s2)c1. The third kappa shape index (κ3) is 5.30. The Morgan fingerprint density at radius 1 is 1.07 bits per heavy atom. The standard InChI is InChI=1S/C20H22N4OS2/c1-12-6-5-7-16(10-12)21-19-23-24-20(27-19)26-15(4)18(25)22-17-11-13(2)8-9-14(17)3/h5-11,15H,1-4H3,(H,21,23)(H,22,25). The van der Waals surface area contributed by atoms with E-state index in [0.29, 0.717) is 5.13 Å². The Bertz CT molecular complexity index is 955. The molecule has 0 radical (unpaired) electrons. The molecule has 0 fully saturated rings. The van der Waals surface area contributed by atoms with E-state index in [1.54, 1.807) is 0 Å². The van der Waals surface area contributed by atoms with E-state index in [2.05, 4.69) is 26.9 Å². The van der Waals surface area contributed by atoms with Gasteiger partial charge in [-0.3, -0.25) is 4.79 Å². The summed E-state index contributed by atoms with van der Waals surface area (Å²) in [6.45, 7) is 7.92. The molecule has 27 heavy (non-hydrogen) atoms. The average Bonchev–Trinajstić information content (AvgIpc) is 3.05. The van der Waals surface area contributed by atoms with Crippen molar-refractivity contribution in [1.29, 1.82) is 0 Å². The van der Waals surface area contributed by atoms with Gasteiger partial charge in [0, 0.05) is 11.4 Å². The van der Waals surface area contributed by atoms with Crippen LogP contribution in [0.5, 0.6) is 0 Å². The van der Waals surface area contributed by atoms with Gasteiger partial charge in [0.2, 0.25) is 11.0 Å². The minimum atomic E-state index is -0.273. The van der Waals surface area contributed by atoms with Crippen LogP contribution in [0.2, 0.25) is 0 Å². The average molecular weight is 399 g/mol. The normalized spacial score (nSPS) is 11.9. The molecule has 2 aromatic carbocycles. The first kappa shape index (κ1) is 19.4. The van der Waals surface area contributed by atoms with Crippen LogP contribution in [0.15, 0.2) is 46.8 Å². The number of thioether (sulfide) groups is 1. The van der Waals surface area contributed by atoms with Gasteiger partial charge in [0.25, 0.3) is 0 Å². The van der Waals surface area contributed by atoms with Crippen molar-refractivity contribution >= 4 is 45.5 Å². The Morgan fingerprint density at radius 3 is 2.63 bits per heavy atom. The van der Waals surface area contributed by atoms with Crippen LogP contribution >= 0.6 is 23.1 Å². The van der Waals surface area contributed by atoms with Gasteiger partial charge in [-0.05, 0) is 62.6 Å². The van der Waals surface area contributed by atoms with Gasteiger partial charge in [-0.25, -0.2) is 0 Å². The fourth-order valence-corrected chi connectivity index (χ4v) is 4.38. The van der Waals surface area contributed by atoms with Crippen molar-refractivity contribution in [1.82, 2.24) is 10.2 Å². The zero-order chi connectivity index (χ0) is 19.4. The molecule has 1 amide bonds. The summed E-state index contributed by atoms with van der Waals surface area (Å²) in [6, 6.07) is 14.1. The minimum absolute atomic E-state index is 0.0444. The van der Waals surface area contributed by atoms with Gasteiger partial charge in [0.05, 0.1) is 5.25 Å². The van der Waals surface area contributed by atoms with Gasteiger partial charge in [-0.15, -0.1) is 10.2 Å². The monoisotopic (exact) mass is 398 g/mol. The fraction of sp³-hybridized carbons (Fsp3) is 0.250. The lowest BCUT2D eigenvalue weighted by molar-refractivity contribution is -0.115. The fourth-order valence-electron chi connectivity index (χ4n) is 2.46. The summed E-state index contributed by atoms with van der Waals surface area (Å²) < 4.78 is 0.758. The molecule has 1 aromatic heterocycles. The van der Waals surface area contributed by atoms with Crippen molar-refractivity contribution in [3.8, 4) is 0 Å². The number of nitrogens with one attached hydrogen (secondary N) is 2. The number of rotatable bonds is 6. The number of carbonyl (C=O) groups is 1. The summed E-state index contributed by atoms with van der Waals surface area (Å²) in [4.78, 5) is 12.5. The van der Waals surface area contributed by atoms with E-state index in [4.69, 9.17) is 0 Å². The molecule has 0 bridgehead atoms. The molecule has 0 saturated heterocycles. The molecular formula is C20H22N4OS2. The zero-order valence-corrected chi connectivity index (χ0v) is 17.4. The minimum Gasteiger partial charge on any atom is -0.330 e. The van der Waals surface area contributed by atoms with Gasteiger partial charge in [-0.1, -0.05) is 47.4 Å².